The van der Waals surface area contributed by atoms with Gasteiger partial charge in [0.2, 0.25) is 0 Å². The lowest BCUT2D eigenvalue weighted by Gasteiger charge is -2.15. The zero-order chi connectivity index (χ0) is 21.6. The predicted molar refractivity (Wildman–Crippen MR) is 118 cm³/mol. The fourth-order valence-electron chi connectivity index (χ4n) is 3.99. The van der Waals surface area contributed by atoms with E-state index in [1.807, 2.05) is 49.4 Å². The Labute approximate surface area is 179 Å². The number of carbonyl (C=O) groups is 1. The van der Waals surface area contributed by atoms with Crippen LogP contribution in [0, 0.1) is 6.92 Å². The topological polar surface area (TPSA) is 104 Å². The number of hydrogen-bond donors (Lipinski definition) is 3. The molecule has 1 aliphatic rings. The molecule has 31 heavy (non-hydrogen) atoms. The molecule has 156 valence electrons. The number of aromatic amines is 1. The van der Waals surface area contributed by atoms with Gasteiger partial charge in [-0.1, -0.05) is 48.5 Å². The van der Waals surface area contributed by atoms with E-state index >= 15 is 0 Å². The number of nitrogens with zero attached hydrogens (tertiary/aromatic N) is 1. The summed E-state index contributed by atoms with van der Waals surface area (Å²) in [7, 11) is -3.72. The second-order valence-corrected chi connectivity index (χ2v) is 9.60. The van der Waals surface area contributed by atoms with E-state index in [9.17, 15) is 13.2 Å². The number of sulfone groups is 1. The van der Waals surface area contributed by atoms with Gasteiger partial charge in [-0.05, 0) is 41.5 Å². The van der Waals surface area contributed by atoms with Crippen LogP contribution < -0.4 is 10.6 Å². The van der Waals surface area contributed by atoms with Gasteiger partial charge in [-0.2, -0.15) is 5.10 Å². The number of carbonyl (C=O) groups excluding carboxylic acids is 1. The van der Waals surface area contributed by atoms with Crippen molar-refractivity contribution in [1.82, 2.24) is 15.5 Å². The van der Waals surface area contributed by atoms with Gasteiger partial charge in [-0.15, -0.1) is 0 Å². The molecular weight excluding hydrogens is 412 g/mol. The minimum absolute atomic E-state index is 0.221. The molecular formula is C23H20N4O3S. The van der Waals surface area contributed by atoms with Crippen LogP contribution in [-0.2, 0) is 16.4 Å². The Morgan fingerprint density at radius 2 is 1.84 bits per heavy atom. The molecule has 0 radical (unpaired) electrons. The molecule has 0 spiro atoms. The number of fused-ring (bicyclic) bond motifs is 2. The normalized spacial score (nSPS) is 15.7. The van der Waals surface area contributed by atoms with E-state index in [4.69, 9.17) is 0 Å². The summed E-state index contributed by atoms with van der Waals surface area (Å²) in [4.78, 5) is 13.3. The number of aromatic nitrogens is 2. The Morgan fingerprint density at radius 1 is 1.06 bits per heavy atom. The fourth-order valence-corrected chi connectivity index (χ4v) is 5.75. The maximum atomic E-state index is 13.3. The summed E-state index contributed by atoms with van der Waals surface area (Å²) in [5, 5.41) is 13.7. The van der Waals surface area contributed by atoms with E-state index in [1.54, 1.807) is 24.3 Å². The first-order valence-electron chi connectivity index (χ1n) is 9.85. The second-order valence-electron chi connectivity index (χ2n) is 7.57. The fraction of sp³-hybridized carbons (Fsp3) is 0.130. The van der Waals surface area contributed by atoms with Crippen LogP contribution in [0.1, 0.15) is 32.6 Å². The zero-order valence-corrected chi connectivity index (χ0v) is 17.5. The van der Waals surface area contributed by atoms with E-state index in [2.05, 4.69) is 20.8 Å². The summed E-state index contributed by atoms with van der Waals surface area (Å²) < 4.78 is 26.6. The average molecular weight is 433 g/mol. The van der Waals surface area contributed by atoms with Crippen LogP contribution in [0.5, 0.6) is 0 Å². The van der Waals surface area contributed by atoms with Crippen molar-refractivity contribution in [3.8, 4) is 0 Å². The quantitative estimate of drug-likeness (QED) is 0.456. The number of H-pyrrole nitrogens is 1. The van der Waals surface area contributed by atoms with Crippen LogP contribution in [0.3, 0.4) is 0 Å². The van der Waals surface area contributed by atoms with Crippen molar-refractivity contribution < 1.29 is 13.2 Å². The Bertz CT molecular complexity index is 1420. The molecule has 1 aromatic heterocycles. The third-order valence-electron chi connectivity index (χ3n) is 5.50. The molecule has 7 nitrogen and oxygen atoms in total. The lowest BCUT2D eigenvalue weighted by Crippen LogP contribution is -2.24. The minimum atomic E-state index is -3.72. The minimum Gasteiger partial charge on any atom is -0.305 e. The maximum absolute atomic E-state index is 13.3. The monoisotopic (exact) mass is 432 g/mol. The van der Waals surface area contributed by atoms with Crippen molar-refractivity contribution in [3.63, 3.8) is 0 Å². The first-order valence-corrected chi connectivity index (χ1v) is 11.4. The van der Waals surface area contributed by atoms with Crippen molar-refractivity contribution in [2.45, 2.75) is 23.7 Å². The van der Waals surface area contributed by atoms with Gasteiger partial charge in [0.1, 0.15) is 5.37 Å². The van der Waals surface area contributed by atoms with Crippen molar-refractivity contribution in [1.29, 1.82) is 0 Å². The van der Waals surface area contributed by atoms with Gasteiger partial charge < -0.3 is 5.32 Å². The first kappa shape index (κ1) is 19.5. The Morgan fingerprint density at radius 3 is 2.68 bits per heavy atom. The van der Waals surface area contributed by atoms with Crippen LogP contribution >= 0.6 is 0 Å². The maximum Gasteiger partial charge on any atom is 0.257 e. The first-order chi connectivity index (χ1) is 14.9. The number of anilines is 1. The third-order valence-corrected chi connectivity index (χ3v) is 7.44. The Kier molecular flexibility index (Phi) is 4.60. The van der Waals surface area contributed by atoms with Crippen LogP contribution in [-0.4, -0.2) is 24.5 Å². The van der Waals surface area contributed by atoms with E-state index < -0.39 is 15.2 Å². The molecule has 1 aliphatic heterocycles. The molecule has 8 heteroatoms. The third kappa shape index (κ3) is 3.30. The van der Waals surface area contributed by atoms with Gasteiger partial charge in [0.25, 0.3) is 5.91 Å². The van der Waals surface area contributed by atoms with Crippen LogP contribution in [0.4, 0.5) is 5.82 Å². The lowest BCUT2D eigenvalue weighted by molar-refractivity contribution is 0.102. The Hall–Kier alpha value is -3.49. The highest BCUT2D eigenvalue weighted by atomic mass is 32.2. The predicted octanol–water partition coefficient (Wildman–Crippen LogP) is 3.70. The highest BCUT2D eigenvalue weighted by molar-refractivity contribution is 7.91. The molecule has 5 rings (SSSR count). The summed E-state index contributed by atoms with van der Waals surface area (Å²) in [6, 6.07) is 19.9. The molecule has 3 aromatic carbocycles. The lowest BCUT2D eigenvalue weighted by atomic mass is 10.0. The van der Waals surface area contributed by atoms with Gasteiger partial charge in [0, 0.05) is 12.1 Å². The van der Waals surface area contributed by atoms with Crippen molar-refractivity contribution in [2.24, 2.45) is 0 Å². The number of benzene rings is 3. The van der Waals surface area contributed by atoms with Crippen LogP contribution in [0.2, 0.25) is 0 Å². The van der Waals surface area contributed by atoms with E-state index in [0.717, 1.165) is 16.3 Å². The summed E-state index contributed by atoms with van der Waals surface area (Å²) in [6.45, 7) is 2.17. The molecule has 0 fully saturated rings. The van der Waals surface area contributed by atoms with Gasteiger partial charge in [-0.25, -0.2) is 8.42 Å². The van der Waals surface area contributed by atoms with E-state index in [0.29, 0.717) is 23.4 Å². The van der Waals surface area contributed by atoms with Gasteiger partial charge in [-0.3, -0.25) is 15.2 Å². The van der Waals surface area contributed by atoms with Gasteiger partial charge >= 0.3 is 0 Å². The molecule has 0 bridgehead atoms. The highest BCUT2D eigenvalue weighted by Gasteiger charge is 2.39. The Balaban J connectivity index is 1.51. The average Bonchev–Trinajstić information content (AvgIpc) is 3.36. The molecule has 1 atom stereocenters. The molecule has 0 saturated heterocycles. The molecule has 0 aliphatic carbocycles. The number of nitrogens with one attached hydrogen (secondary N) is 3. The number of rotatable bonds is 4. The molecule has 4 aromatic rings. The van der Waals surface area contributed by atoms with Crippen molar-refractivity contribution >= 4 is 32.3 Å². The molecule has 2 heterocycles. The standard InChI is InChI=1S/C23H20N4O3S/c1-14-6-4-9-16(12-14)31(29,30)23-20-19(13-24-23)26-27-21(20)25-22(28)18-11-5-8-15-7-2-3-10-17(15)18/h2-12,23-24H,13H2,1H3,(H2,25,26,27,28). The van der Waals surface area contributed by atoms with Crippen molar-refractivity contribution in [3.05, 3.63) is 89.1 Å². The summed E-state index contributed by atoms with van der Waals surface area (Å²) >= 11 is 0. The summed E-state index contributed by atoms with van der Waals surface area (Å²) in [5.74, 6) is -0.121. The summed E-state index contributed by atoms with van der Waals surface area (Å²) in [6.07, 6.45) is 0. The highest BCUT2D eigenvalue weighted by Crippen LogP contribution is 2.37. The SMILES string of the molecule is Cc1cccc(S(=O)(=O)C2NCc3[nH]nc(NC(=O)c4cccc5ccccc45)c32)c1. The zero-order valence-electron chi connectivity index (χ0n) is 16.7. The number of hydrogen-bond acceptors (Lipinski definition) is 5. The summed E-state index contributed by atoms with van der Waals surface area (Å²) in [5.41, 5.74) is 2.46. The smallest absolute Gasteiger partial charge is 0.257 e. The van der Waals surface area contributed by atoms with E-state index in [-0.39, 0.29) is 16.6 Å². The second kappa shape index (κ2) is 7.33. The largest absolute Gasteiger partial charge is 0.305 e. The van der Waals surface area contributed by atoms with Gasteiger partial charge in [0.05, 0.1) is 16.2 Å². The molecule has 3 N–H and O–H groups in total. The van der Waals surface area contributed by atoms with Crippen LogP contribution in [0.25, 0.3) is 10.8 Å². The number of aryl methyl sites for hydroxylation is 1. The van der Waals surface area contributed by atoms with E-state index in [1.165, 1.54) is 0 Å². The number of amides is 1. The van der Waals surface area contributed by atoms with Gasteiger partial charge in [0.15, 0.2) is 15.7 Å². The molecule has 1 amide bonds. The van der Waals surface area contributed by atoms with Crippen LogP contribution in [0.15, 0.2) is 71.6 Å². The molecule has 0 saturated carbocycles. The molecule has 1 unspecified atom stereocenters. The van der Waals surface area contributed by atoms with Crippen molar-refractivity contribution in [2.75, 3.05) is 5.32 Å².